The van der Waals surface area contributed by atoms with E-state index in [0.717, 1.165) is 31.4 Å². The van der Waals surface area contributed by atoms with Crippen molar-refractivity contribution in [1.82, 2.24) is 0 Å². The molecule has 1 heterocycles. The van der Waals surface area contributed by atoms with Gasteiger partial charge in [0, 0.05) is 25.5 Å². The number of anilines is 1. The Morgan fingerprint density at radius 2 is 2.06 bits per heavy atom. The van der Waals surface area contributed by atoms with E-state index < -0.39 is 44.8 Å². The summed E-state index contributed by atoms with van der Waals surface area (Å²) < 4.78 is 80.9. The molecule has 34 heavy (non-hydrogen) atoms. The van der Waals surface area contributed by atoms with Crippen LogP contribution in [0.25, 0.3) is 5.70 Å². The van der Waals surface area contributed by atoms with Gasteiger partial charge in [-0.15, -0.1) is 0 Å². The third-order valence-corrected chi connectivity index (χ3v) is 7.39. The van der Waals surface area contributed by atoms with Gasteiger partial charge in [-0.2, -0.15) is 0 Å². The van der Waals surface area contributed by atoms with Crippen LogP contribution in [0.3, 0.4) is 0 Å². The lowest BCUT2D eigenvalue weighted by Crippen LogP contribution is -2.34. The normalized spacial score (nSPS) is 17.6. The van der Waals surface area contributed by atoms with Gasteiger partial charge in [0.25, 0.3) is 10.0 Å². The highest BCUT2D eigenvalue weighted by Gasteiger charge is 2.31. The fraction of sp³-hybridized carbons (Fsp3) is 0.318. The molecular formula is C22H23BrF3N3O4S. The maximum Gasteiger partial charge on any atom is 0.269 e. The van der Waals surface area contributed by atoms with E-state index in [-0.39, 0.29) is 22.0 Å². The molecule has 1 atom stereocenters. The van der Waals surface area contributed by atoms with Gasteiger partial charge < -0.3 is 15.2 Å². The Morgan fingerprint density at radius 3 is 2.74 bits per heavy atom. The van der Waals surface area contributed by atoms with Gasteiger partial charge in [-0.3, -0.25) is 4.99 Å². The molecule has 0 bridgehead atoms. The molecule has 0 amide bonds. The van der Waals surface area contributed by atoms with E-state index >= 15 is 4.39 Å². The molecule has 7 nitrogen and oxygen atoms in total. The molecule has 184 valence electrons. The second-order valence-electron chi connectivity index (χ2n) is 7.35. The molecule has 2 N–H and O–H groups in total. The summed E-state index contributed by atoms with van der Waals surface area (Å²) in [5.41, 5.74) is 5.48. The standard InChI is InChI=1S/C22H23BrF3N3O4S/c1-32-13-29(34(30,31)19-11-14(24)8-9-17(19)25)18-6-4-5-15(21(18)26)22(27)16(23)12-28-20-7-2-3-10-33-20/h4-6,8-9,11-12,20H,2-3,7,10,13,27H2,1H3. The van der Waals surface area contributed by atoms with Gasteiger partial charge in [-0.1, -0.05) is 6.07 Å². The van der Waals surface area contributed by atoms with Crippen molar-refractivity contribution in [3.05, 3.63) is 63.9 Å². The highest BCUT2D eigenvalue weighted by Crippen LogP contribution is 2.32. The Bertz CT molecular complexity index is 1200. The number of methoxy groups -OCH3 is 1. The van der Waals surface area contributed by atoms with Crippen molar-refractivity contribution in [2.24, 2.45) is 10.7 Å². The summed E-state index contributed by atoms with van der Waals surface area (Å²) in [6, 6.07) is 5.86. The molecule has 12 heteroatoms. The minimum absolute atomic E-state index is 0.0504. The lowest BCUT2D eigenvalue weighted by molar-refractivity contribution is 0.0227. The fourth-order valence-electron chi connectivity index (χ4n) is 3.29. The van der Waals surface area contributed by atoms with Crippen LogP contribution in [0.5, 0.6) is 0 Å². The Balaban J connectivity index is 2.02. The zero-order chi connectivity index (χ0) is 24.9. The zero-order valence-electron chi connectivity index (χ0n) is 18.2. The molecule has 0 aromatic heterocycles. The summed E-state index contributed by atoms with van der Waals surface area (Å²) in [5.74, 6) is -3.16. The number of allylic oxidation sites excluding steroid dienone is 1. The number of benzene rings is 2. The first-order chi connectivity index (χ1) is 16.2. The molecule has 2 aromatic carbocycles. The van der Waals surface area contributed by atoms with Gasteiger partial charge in [0.15, 0.2) is 5.82 Å². The maximum atomic E-state index is 15.5. The third-order valence-electron chi connectivity index (χ3n) is 5.01. The van der Waals surface area contributed by atoms with Crippen LogP contribution in [0, 0.1) is 17.5 Å². The van der Waals surface area contributed by atoms with Crippen molar-refractivity contribution < 1.29 is 31.1 Å². The predicted octanol–water partition coefficient (Wildman–Crippen LogP) is 4.52. The summed E-state index contributed by atoms with van der Waals surface area (Å²) in [6.07, 6.45) is 3.77. The number of hydrogen-bond donors (Lipinski definition) is 1. The lowest BCUT2D eigenvalue weighted by Gasteiger charge is -2.25. The van der Waals surface area contributed by atoms with Gasteiger partial charge in [-0.25, -0.2) is 25.9 Å². The monoisotopic (exact) mass is 561 g/mol. The van der Waals surface area contributed by atoms with Crippen molar-refractivity contribution >= 4 is 43.6 Å². The van der Waals surface area contributed by atoms with E-state index in [0.29, 0.717) is 23.0 Å². The molecule has 1 aliphatic heterocycles. The number of nitrogens with two attached hydrogens (primary N) is 1. The van der Waals surface area contributed by atoms with Crippen molar-refractivity contribution in [1.29, 1.82) is 0 Å². The quantitative estimate of drug-likeness (QED) is 0.377. The van der Waals surface area contributed by atoms with Gasteiger partial charge in [0.2, 0.25) is 0 Å². The summed E-state index contributed by atoms with van der Waals surface area (Å²) in [5, 5.41) is 0. The van der Waals surface area contributed by atoms with Gasteiger partial charge >= 0.3 is 0 Å². The van der Waals surface area contributed by atoms with Crippen molar-refractivity contribution in [3.8, 4) is 0 Å². The molecule has 0 saturated carbocycles. The summed E-state index contributed by atoms with van der Waals surface area (Å²) in [4.78, 5) is 3.33. The second kappa shape index (κ2) is 11.3. The van der Waals surface area contributed by atoms with Gasteiger partial charge in [0.1, 0.15) is 29.5 Å². The summed E-state index contributed by atoms with van der Waals surface area (Å²) in [7, 11) is -3.56. The van der Waals surface area contributed by atoms with Crippen LogP contribution in [0.1, 0.15) is 24.8 Å². The van der Waals surface area contributed by atoms with Gasteiger partial charge in [0.05, 0.1) is 15.9 Å². The van der Waals surface area contributed by atoms with E-state index in [9.17, 15) is 17.2 Å². The first-order valence-electron chi connectivity index (χ1n) is 10.2. The number of nitrogens with zero attached hydrogens (tertiary/aromatic N) is 2. The second-order valence-corrected chi connectivity index (χ2v) is 10.0. The fourth-order valence-corrected chi connectivity index (χ4v) is 5.08. The van der Waals surface area contributed by atoms with Crippen LogP contribution in [0.15, 0.2) is 50.8 Å². The van der Waals surface area contributed by atoms with Crippen molar-refractivity contribution in [2.75, 3.05) is 24.8 Å². The number of rotatable bonds is 8. The molecule has 0 spiro atoms. The molecule has 1 unspecified atom stereocenters. The average molecular weight is 562 g/mol. The molecule has 2 aromatic rings. The molecular weight excluding hydrogens is 539 g/mol. The third kappa shape index (κ3) is 5.80. The minimum atomic E-state index is -4.74. The SMILES string of the molecule is COCN(c1cccc(C(N)=C(Br)C=NC2CCCCO2)c1F)S(=O)(=O)c1cc(F)ccc1F. The van der Waals surface area contributed by atoms with Crippen molar-refractivity contribution in [3.63, 3.8) is 0 Å². The van der Waals surface area contributed by atoms with Crippen LogP contribution >= 0.6 is 15.9 Å². The average Bonchev–Trinajstić information content (AvgIpc) is 2.83. The van der Waals surface area contributed by atoms with Crippen LogP contribution in [0.4, 0.5) is 18.9 Å². The highest BCUT2D eigenvalue weighted by atomic mass is 79.9. The van der Waals surface area contributed by atoms with Gasteiger partial charge in [-0.05, 0) is 65.5 Å². The maximum absolute atomic E-state index is 15.5. The minimum Gasteiger partial charge on any atom is -0.397 e. The summed E-state index contributed by atoms with van der Waals surface area (Å²) >= 11 is 3.26. The zero-order valence-corrected chi connectivity index (χ0v) is 20.6. The molecule has 0 radical (unpaired) electrons. The van der Waals surface area contributed by atoms with E-state index in [2.05, 4.69) is 20.9 Å². The predicted molar refractivity (Wildman–Crippen MR) is 126 cm³/mol. The number of hydrogen-bond acceptors (Lipinski definition) is 6. The molecule has 1 fully saturated rings. The Kier molecular flexibility index (Phi) is 8.74. The topological polar surface area (TPSA) is 94.2 Å². The number of aliphatic imine (C=N–C) groups is 1. The molecule has 3 rings (SSSR count). The van der Waals surface area contributed by atoms with Crippen LogP contribution in [-0.4, -0.2) is 41.3 Å². The van der Waals surface area contributed by atoms with E-state index in [1.165, 1.54) is 25.5 Å². The Labute approximate surface area is 204 Å². The Hall–Kier alpha value is -2.41. The molecule has 1 aliphatic rings. The lowest BCUT2D eigenvalue weighted by atomic mass is 10.1. The first-order valence-corrected chi connectivity index (χ1v) is 12.5. The smallest absolute Gasteiger partial charge is 0.269 e. The molecule has 0 aliphatic carbocycles. The van der Waals surface area contributed by atoms with E-state index in [1.807, 2.05) is 0 Å². The number of ether oxygens (including phenoxy) is 2. The van der Waals surface area contributed by atoms with E-state index in [4.69, 9.17) is 15.2 Å². The van der Waals surface area contributed by atoms with E-state index in [1.54, 1.807) is 0 Å². The highest BCUT2D eigenvalue weighted by molar-refractivity contribution is 9.12. The van der Waals surface area contributed by atoms with Crippen LogP contribution in [-0.2, 0) is 19.5 Å². The first kappa shape index (κ1) is 26.2. The summed E-state index contributed by atoms with van der Waals surface area (Å²) in [6.45, 7) is -0.0604. The molecule has 1 saturated heterocycles. The van der Waals surface area contributed by atoms with Crippen LogP contribution < -0.4 is 10.0 Å². The number of halogens is 4. The van der Waals surface area contributed by atoms with Crippen LogP contribution in [0.2, 0.25) is 0 Å². The largest absolute Gasteiger partial charge is 0.397 e. The van der Waals surface area contributed by atoms with Crippen molar-refractivity contribution in [2.45, 2.75) is 30.4 Å². The number of sulfonamides is 1. The Morgan fingerprint density at radius 1 is 1.29 bits per heavy atom.